The number of carbonyl (C=O) groups excluding carboxylic acids is 3. The summed E-state index contributed by atoms with van der Waals surface area (Å²) in [6.45, 7) is 0. The van der Waals surface area contributed by atoms with Gasteiger partial charge in [0.15, 0.2) is 5.78 Å². The number of fused-ring (bicyclic) bond motifs is 1. The van der Waals surface area contributed by atoms with Crippen LogP contribution < -0.4 is 10.6 Å². The zero-order valence-corrected chi connectivity index (χ0v) is 12.8. The highest BCUT2D eigenvalue weighted by atomic mass is 19.1. The molecule has 3 rings (SSSR count). The lowest BCUT2D eigenvalue weighted by molar-refractivity contribution is -0.116. The van der Waals surface area contributed by atoms with Crippen LogP contribution in [0.2, 0.25) is 0 Å². The number of halogens is 1. The van der Waals surface area contributed by atoms with Gasteiger partial charge in [0.2, 0.25) is 11.8 Å². The van der Waals surface area contributed by atoms with Gasteiger partial charge in [-0.05, 0) is 42.0 Å². The van der Waals surface area contributed by atoms with Gasteiger partial charge in [0, 0.05) is 29.8 Å². The summed E-state index contributed by atoms with van der Waals surface area (Å²) in [6, 6.07) is 10.6. The second kappa shape index (κ2) is 6.62. The van der Waals surface area contributed by atoms with Crippen LogP contribution >= 0.6 is 0 Å². The maximum Gasteiger partial charge on any atom is 0.228 e. The molecule has 6 heteroatoms. The van der Waals surface area contributed by atoms with E-state index in [1.165, 1.54) is 18.2 Å². The molecule has 2 amide bonds. The molecule has 1 aliphatic heterocycles. The fourth-order valence-corrected chi connectivity index (χ4v) is 2.56. The van der Waals surface area contributed by atoms with E-state index in [1.54, 1.807) is 24.3 Å². The van der Waals surface area contributed by atoms with Gasteiger partial charge in [-0.15, -0.1) is 0 Å². The Bertz CT molecular complexity index is 833. The lowest BCUT2D eigenvalue weighted by atomic mass is 10.0. The number of carbonyl (C=O) groups is 3. The number of Topliss-reactive ketones (excluding diaryl/α,β-unsaturated/α-hetero) is 1. The molecule has 0 aliphatic carbocycles. The maximum atomic E-state index is 13.1. The standard InChI is InChI=1S/C18H15FN2O3/c19-13-2-1-3-14(10-13)20-17(23)7-6-16(22)11-4-5-15-12(8-11)9-18(24)21-15/h1-5,8,10H,6-7,9H2,(H,20,23)(H,21,24). The normalized spacial score (nSPS) is 12.5. The minimum absolute atomic E-state index is 0.00358. The van der Waals surface area contributed by atoms with Crippen LogP contribution in [0.1, 0.15) is 28.8 Å². The zero-order chi connectivity index (χ0) is 17.1. The number of benzene rings is 2. The first-order chi connectivity index (χ1) is 11.5. The molecule has 2 N–H and O–H groups in total. The van der Waals surface area contributed by atoms with Gasteiger partial charge in [0.1, 0.15) is 5.82 Å². The number of ketones is 1. The van der Waals surface area contributed by atoms with Gasteiger partial charge in [-0.3, -0.25) is 14.4 Å². The van der Waals surface area contributed by atoms with Crippen molar-refractivity contribution in [2.24, 2.45) is 0 Å². The Balaban J connectivity index is 1.57. The van der Waals surface area contributed by atoms with Crippen LogP contribution in [-0.4, -0.2) is 17.6 Å². The fourth-order valence-electron chi connectivity index (χ4n) is 2.56. The Morgan fingerprint density at radius 1 is 1.12 bits per heavy atom. The second-order valence-corrected chi connectivity index (χ2v) is 5.58. The van der Waals surface area contributed by atoms with Crippen molar-refractivity contribution in [1.82, 2.24) is 0 Å². The highest BCUT2D eigenvalue weighted by Gasteiger charge is 2.19. The van der Waals surface area contributed by atoms with E-state index in [0.29, 0.717) is 11.3 Å². The van der Waals surface area contributed by atoms with Crippen LogP contribution in [0.3, 0.4) is 0 Å². The minimum atomic E-state index is -0.440. The van der Waals surface area contributed by atoms with Crippen LogP contribution in [-0.2, 0) is 16.0 Å². The molecule has 0 fully saturated rings. The molecular formula is C18H15FN2O3. The highest BCUT2D eigenvalue weighted by molar-refractivity contribution is 6.03. The Kier molecular flexibility index (Phi) is 4.37. The maximum absolute atomic E-state index is 13.1. The van der Waals surface area contributed by atoms with Gasteiger partial charge in [-0.25, -0.2) is 4.39 Å². The van der Waals surface area contributed by atoms with E-state index in [1.807, 2.05) is 0 Å². The van der Waals surface area contributed by atoms with Crippen molar-refractivity contribution in [3.8, 4) is 0 Å². The molecule has 0 atom stereocenters. The van der Waals surface area contributed by atoms with E-state index in [-0.39, 0.29) is 36.9 Å². The van der Waals surface area contributed by atoms with Crippen LogP contribution in [0.5, 0.6) is 0 Å². The molecule has 2 aromatic rings. The molecule has 122 valence electrons. The van der Waals surface area contributed by atoms with Crippen LogP contribution in [0.4, 0.5) is 15.8 Å². The highest BCUT2D eigenvalue weighted by Crippen LogP contribution is 2.24. The van der Waals surface area contributed by atoms with Crippen LogP contribution in [0.25, 0.3) is 0 Å². The lowest BCUT2D eigenvalue weighted by Crippen LogP contribution is -2.13. The molecule has 2 aromatic carbocycles. The summed E-state index contributed by atoms with van der Waals surface area (Å²) in [5.41, 5.74) is 2.34. The van der Waals surface area contributed by atoms with Crippen molar-refractivity contribution in [2.75, 3.05) is 10.6 Å². The SMILES string of the molecule is O=C(CCC(=O)c1ccc2c(c1)CC(=O)N2)Nc1cccc(F)c1. The number of anilines is 2. The molecule has 1 aliphatic rings. The molecular weight excluding hydrogens is 311 g/mol. The number of nitrogens with one attached hydrogen (secondary N) is 2. The fraction of sp³-hybridized carbons (Fsp3) is 0.167. The Hall–Kier alpha value is -3.02. The van der Waals surface area contributed by atoms with Crippen LogP contribution in [0.15, 0.2) is 42.5 Å². The molecule has 0 aromatic heterocycles. The van der Waals surface area contributed by atoms with Gasteiger partial charge < -0.3 is 10.6 Å². The van der Waals surface area contributed by atoms with Crippen molar-refractivity contribution < 1.29 is 18.8 Å². The summed E-state index contributed by atoms with van der Waals surface area (Å²) >= 11 is 0. The van der Waals surface area contributed by atoms with Gasteiger partial charge in [0.05, 0.1) is 6.42 Å². The summed E-state index contributed by atoms with van der Waals surface area (Å²) < 4.78 is 13.1. The van der Waals surface area contributed by atoms with Crippen molar-refractivity contribution in [1.29, 1.82) is 0 Å². The Labute approximate surface area is 137 Å². The van der Waals surface area contributed by atoms with E-state index in [4.69, 9.17) is 0 Å². The predicted octanol–water partition coefficient (Wildman–Crippen LogP) is 2.92. The molecule has 5 nitrogen and oxygen atoms in total. The average molecular weight is 326 g/mol. The third-order valence-corrected chi connectivity index (χ3v) is 3.74. The predicted molar refractivity (Wildman–Crippen MR) is 87.4 cm³/mol. The van der Waals surface area contributed by atoms with Crippen molar-refractivity contribution >= 4 is 29.0 Å². The molecule has 0 radical (unpaired) electrons. The Morgan fingerprint density at radius 3 is 2.75 bits per heavy atom. The van der Waals surface area contributed by atoms with Gasteiger partial charge in [-0.2, -0.15) is 0 Å². The molecule has 0 saturated heterocycles. The van der Waals surface area contributed by atoms with Crippen molar-refractivity contribution in [2.45, 2.75) is 19.3 Å². The van der Waals surface area contributed by atoms with E-state index in [0.717, 1.165) is 11.3 Å². The first-order valence-corrected chi connectivity index (χ1v) is 7.52. The summed E-state index contributed by atoms with van der Waals surface area (Å²) in [6.07, 6.45) is 0.307. The monoisotopic (exact) mass is 326 g/mol. The molecule has 24 heavy (non-hydrogen) atoms. The zero-order valence-electron chi connectivity index (χ0n) is 12.8. The number of amides is 2. The van der Waals surface area contributed by atoms with Crippen molar-refractivity contribution in [3.05, 3.63) is 59.4 Å². The van der Waals surface area contributed by atoms with E-state index in [9.17, 15) is 18.8 Å². The first kappa shape index (κ1) is 15.9. The smallest absolute Gasteiger partial charge is 0.228 e. The molecule has 1 heterocycles. The molecule has 0 spiro atoms. The molecule has 0 bridgehead atoms. The first-order valence-electron chi connectivity index (χ1n) is 7.52. The third kappa shape index (κ3) is 3.65. The van der Waals surface area contributed by atoms with Crippen LogP contribution in [0, 0.1) is 5.82 Å². The van der Waals surface area contributed by atoms with Gasteiger partial charge in [0.25, 0.3) is 0 Å². The average Bonchev–Trinajstić information content (AvgIpc) is 2.91. The number of hydrogen-bond acceptors (Lipinski definition) is 3. The Morgan fingerprint density at radius 2 is 1.96 bits per heavy atom. The largest absolute Gasteiger partial charge is 0.326 e. The second-order valence-electron chi connectivity index (χ2n) is 5.58. The number of rotatable bonds is 5. The number of hydrogen-bond donors (Lipinski definition) is 2. The summed E-state index contributed by atoms with van der Waals surface area (Å²) in [7, 11) is 0. The van der Waals surface area contributed by atoms with E-state index >= 15 is 0 Å². The third-order valence-electron chi connectivity index (χ3n) is 3.74. The molecule has 0 saturated carbocycles. The van der Waals surface area contributed by atoms with Gasteiger partial charge in [-0.1, -0.05) is 6.07 Å². The quantitative estimate of drug-likeness (QED) is 0.830. The van der Waals surface area contributed by atoms with Gasteiger partial charge >= 0.3 is 0 Å². The topological polar surface area (TPSA) is 75.3 Å². The van der Waals surface area contributed by atoms with E-state index in [2.05, 4.69) is 10.6 Å². The van der Waals surface area contributed by atoms with E-state index < -0.39 is 5.82 Å². The summed E-state index contributed by atoms with van der Waals surface area (Å²) in [4.78, 5) is 35.4. The summed E-state index contributed by atoms with van der Waals surface area (Å²) in [5.74, 6) is -1.06. The summed E-state index contributed by atoms with van der Waals surface area (Å²) in [5, 5.41) is 5.25. The lowest BCUT2D eigenvalue weighted by Gasteiger charge is -2.06. The molecule has 0 unspecified atom stereocenters. The van der Waals surface area contributed by atoms with Crippen molar-refractivity contribution in [3.63, 3.8) is 0 Å². The minimum Gasteiger partial charge on any atom is -0.326 e.